The Balaban J connectivity index is 1.64. The molecule has 0 unspecified atom stereocenters. The number of halogens is 2. The molecule has 0 atom stereocenters. The lowest BCUT2D eigenvalue weighted by Crippen LogP contribution is -2.46. The standard InChI is InChI=1S/C17H21ClFNO/c1-13-4-9-21-17(11-13)5-7-20(8-6-17)12-14-10-15(19)2-3-16(14)18/h2-3,10-11H,4-9,12H2,1H3. The number of nitrogens with zero attached hydrogens (tertiary/aromatic N) is 1. The molecule has 114 valence electrons. The molecule has 1 aromatic rings. The van der Waals surface area contributed by atoms with E-state index in [1.165, 1.54) is 17.7 Å². The van der Waals surface area contributed by atoms with E-state index in [0.717, 1.165) is 44.5 Å². The Bertz CT molecular complexity index is 550. The second kappa shape index (κ2) is 6.07. The van der Waals surface area contributed by atoms with Crippen molar-refractivity contribution in [3.8, 4) is 0 Å². The summed E-state index contributed by atoms with van der Waals surface area (Å²) in [5.74, 6) is -0.225. The smallest absolute Gasteiger partial charge is 0.123 e. The van der Waals surface area contributed by atoms with Gasteiger partial charge in [-0.25, -0.2) is 4.39 Å². The zero-order valence-electron chi connectivity index (χ0n) is 12.4. The molecule has 0 aliphatic carbocycles. The first-order valence-electron chi connectivity index (χ1n) is 7.55. The highest BCUT2D eigenvalue weighted by Crippen LogP contribution is 2.33. The number of likely N-dealkylation sites (tertiary alicyclic amines) is 1. The van der Waals surface area contributed by atoms with Crippen LogP contribution in [0.5, 0.6) is 0 Å². The van der Waals surface area contributed by atoms with Gasteiger partial charge in [-0.15, -0.1) is 0 Å². The summed E-state index contributed by atoms with van der Waals surface area (Å²) in [6.07, 6.45) is 5.35. The second-order valence-electron chi connectivity index (χ2n) is 6.17. The largest absolute Gasteiger partial charge is 0.370 e. The summed E-state index contributed by atoms with van der Waals surface area (Å²) in [7, 11) is 0. The zero-order chi connectivity index (χ0) is 14.9. The highest BCUT2D eigenvalue weighted by Gasteiger charge is 2.35. The fraction of sp³-hybridized carbons (Fsp3) is 0.529. The Labute approximate surface area is 130 Å². The van der Waals surface area contributed by atoms with Crippen molar-refractivity contribution >= 4 is 11.6 Å². The van der Waals surface area contributed by atoms with Gasteiger partial charge in [0.05, 0.1) is 12.2 Å². The summed E-state index contributed by atoms with van der Waals surface area (Å²) in [5.41, 5.74) is 2.23. The van der Waals surface area contributed by atoms with Crippen molar-refractivity contribution in [3.05, 3.63) is 46.3 Å². The Kier molecular flexibility index (Phi) is 4.34. The van der Waals surface area contributed by atoms with E-state index in [9.17, 15) is 4.39 Å². The van der Waals surface area contributed by atoms with Crippen LogP contribution in [-0.2, 0) is 11.3 Å². The van der Waals surface area contributed by atoms with Gasteiger partial charge in [0, 0.05) is 24.7 Å². The minimum absolute atomic E-state index is 0.0649. The first kappa shape index (κ1) is 15.0. The first-order valence-corrected chi connectivity index (χ1v) is 7.93. The molecule has 2 aliphatic rings. The van der Waals surface area contributed by atoms with Crippen molar-refractivity contribution in [1.29, 1.82) is 0 Å². The number of rotatable bonds is 2. The van der Waals surface area contributed by atoms with Gasteiger partial charge in [0.15, 0.2) is 0 Å². The monoisotopic (exact) mass is 309 g/mol. The van der Waals surface area contributed by atoms with Gasteiger partial charge in [-0.1, -0.05) is 23.3 Å². The molecule has 0 saturated carbocycles. The lowest BCUT2D eigenvalue weighted by atomic mass is 9.87. The Morgan fingerprint density at radius 1 is 1.33 bits per heavy atom. The molecule has 1 aromatic carbocycles. The fourth-order valence-corrected chi connectivity index (χ4v) is 3.44. The molecule has 0 aromatic heterocycles. The number of benzene rings is 1. The minimum atomic E-state index is -0.225. The minimum Gasteiger partial charge on any atom is -0.370 e. The fourth-order valence-electron chi connectivity index (χ4n) is 3.26. The topological polar surface area (TPSA) is 12.5 Å². The van der Waals surface area contributed by atoms with E-state index in [2.05, 4.69) is 17.9 Å². The SMILES string of the molecule is CC1=CC2(CCN(Cc3cc(F)ccc3Cl)CC2)OCC1. The molecule has 0 bridgehead atoms. The third-order valence-electron chi connectivity index (χ3n) is 4.50. The predicted octanol–water partition coefficient (Wildman–Crippen LogP) is 4.18. The Hall–Kier alpha value is -0.900. The van der Waals surface area contributed by atoms with Crippen LogP contribution in [0, 0.1) is 5.82 Å². The van der Waals surface area contributed by atoms with Crippen LogP contribution in [-0.4, -0.2) is 30.2 Å². The summed E-state index contributed by atoms with van der Waals surface area (Å²) in [5, 5.41) is 0.640. The molecule has 2 nitrogen and oxygen atoms in total. The van der Waals surface area contributed by atoms with Crippen LogP contribution in [0.2, 0.25) is 5.02 Å². The van der Waals surface area contributed by atoms with Crippen LogP contribution in [0.4, 0.5) is 4.39 Å². The van der Waals surface area contributed by atoms with Crippen LogP contribution in [0.3, 0.4) is 0 Å². The molecule has 1 fully saturated rings. The molecule has 1 saturated heterocycles. The molecule has 1 spiro atoms. The van der Waals surface area contributed by atoms with E-state index in [4.69, 9.17) is 16.3 Å². The lowest BCUT2D eigenvalue weighted by molar-refractivity contribution is -0.0577. The summed E-state index contributed by atoms with van der Waals surface area (Å²) < 4.78 is 19.4. The van der Waals surface area contributed by atoms with E-state index in [0.29, 0.717) is 11.6 Å². The first-order chi connectivity index (χ1) is 10.1. The van der Waals surface area contributed by atoms with E-state index in [-0.39, 0.29) is 11.4 Å². The molecule has 2 heterocycles. The lowest BCUT2D eigenvalue weighted by Gasteiger charge is -2.42. The summed E-state index contributed by atoms with van der Waals surface area (Å²) in [4.78, 5) is 2.33. The van der Waals surface area contributed by atoms with Crippen molar-refractivity contribution in [1.82, 2.24) is 4.90 Å². The van der Waals surface area contributed by atoms with Crippen molar-refractivity contribution < 1.29 is 9.13 Å². The number of hydrogen-bond acceptors (Lipinski definition) is 2. The third-order valence-corrected chi connectivity index (χ3v) is 4.87. The average Bonchev–Trinajstić information content (AvgIpc) is 2.45. The van der Waals surface area contributed by atoms with Crippen LogP contribution in [0.1, 0.15) is 31.7 Å². The molecule has 3 rings (SSSR count). The number of hydrogen-bond donors (Lipinski definition) is 0. The average molecular weight is 310 g/mol. The summed E-state index contributed by atoms with van der Waals surface area (Å²) >= 11 is 6.15. The van der Waals surface area contributed by atoms with Gasteiger partial charge in [-0.3, -0.25) is 4.90 Å². The zero-order valence-corrected chi connectivity index (χ0v) is 13.1. The van der Waals surface area contributed by atoms with Crippen molar-refractivity contribution in [2.24, 2.45) is 0 Å². The maximum atomic E-state index is 13.3. The normalized spacial score (nSPS) is 22.3. The summed E-state index contributed by atoms with van der Waals surface area (Å²) in [6.45, 7) is 5.63. The van der Waals surface area contributed by atoms with Crippen LogP contribution in [0.15, 0.2) is 29.8 Å². The molecule has 0 amide bonds. The summed E-state index contributed by atoms with van der Waals surface area (Å²) in [6, 6.07) is 4.57. The quantitative estimate of drug-likeness (QED) is 0.760. The van der Waals surface area contributed by atoms with Gasteiger partial charge in [0.2, 0.25) is 0 Å². The molecular weight excluding hydrogens is 289 g/mol. The van der Waals surface area contributed by atoms with Gasteiger partial charge in [-0.05, 0) is 49.9 Å². The highest BCUT2D eigenvalue weighted by atomic mass is 35.5. The second-order valence-corrected chi connectivity index (χ2v) is 6.57. The molecule has 21 heavy (non-hydrogen) atoms. The van der Waals surface area contributed by atoms with E-state index in [1.54, 1.807) is 6.07 Å². The van der Waals surface area contributed by atoms with Gasteiger partial charge in [0.25, 0.3) is 0 Å². The Morgan fingerprint density at radius 2 is 2.10 bits per heavy atom. The van der Waals surface area contributed by atoms with Gasteiger partial charge < -0.3 is 4.74 Å². The molecular formula is C17H21ClFNO. The molecule has 0 radical (unpaired) electrons. The van der Waals surface area contributed by atoms with Crippen molar-refractivity contribution in [2.45, 2.75) is 38.3 Å². The maximum absolute atomic E-state index is 13.3. The van der Waals surface area contributed by atoms with Crippen LogP contribution in [0.25, 0.3) is 0 Å². The third kappa shape index (κ3) is 3.47. The van der Waals surface area contributed by atoms with Gasteiger partial charge >= 0.3 is 0 Å². The van der Waals surface area contributed by atoms with Crippen molar-refractivity contribution in [3.63, 3.8) is 0 Å². The van der Waals surface area contributed by atoms with Crippen LogP contribution < -0.4 is 0 Å². The highest BCUT2D eigenvalue weighted by molar-refractivity contribution is 6.31. The Morgan fingerprint density at radius 3 is 2.81 bits per heavy atom. The number of ether oxygens (including phenoxy) is 1. The van der Waals surface area contributed by atoms with E-state index in [1.807, 2.05) is 0 Å². The molecule has 4 heteroatoms. The van der Waals surface area contributed by atoms with Crippen molar-refractivity contribution in [2.75, 3.05) is 19.7 Å². The predicted molar refractivity (Wildman–Crippen MR) is 83.0 cm³/mol. The molecule has 2 aliphatic heterocycles. The van der Waals surface area contributed by atoms with E-state index >= 15 is 0 Å². The van der Waals surface area contributed by atoms with E-state index < -0.39 is 0 Å². The number of piperidine rings is 1. The van der Waals surface area contributed by atoms with Crippen LogP contribution >= 0.6 is 11.6 Å². The molecule has 0 N–H and O–H groups in total. The van der Waals surface area contributed by atoms with Gasteiger partial charge in [0.1, 0.15) is 5.82 Å². The maximum Gasteiger partial charge on any atom is 0.123 e. The van der Waals surface area contributed by atoms with Gasteiger partial charge in [-0.2, -0.15) is 0 Å².